The number of hydrogen-bond acceptors (Lipinski definition) is 4. The summed E-state index contributed by atoms with van der Waals surface area (Å²) in [5, 5.41) is 3.69. The number of methoxy groups -OCH3 is 1. The molecule has 0 aliphatic carbocycles. The van der Waals surface area contributed by atoms with Crippen LogP contribution in [0.1, 0.15) is 19.4 Å². The van der Waals surface area contributed by atoms with E-state index in [1.165, 1.54) is 6.21 Å². The number of nitrogens with zero attached hydrogens (tertiary/aromatic N) is 1. The van der Waals surface area contributed by atoms with Crippen LogP contribution in [0.4, 0.5) is 4.79 Å². The van der Waals surface area contributed by atoms with E-state index < -0.39 is 6.03 Å². The van der Waals surface area contributed by atoms with Crippen molar-refractivity contribution in [2.75, 3.05) is 7.11 Å². The number of primary amides is 1. The number of rotatable bonds is 5. The smallest absolute Gasteiger partial charge is 0.332 e. The number of benzene rings is 1. The van der Waals surface area contributed by atoms with Gasteiger partial charge in [0.15, 0.2) is 11.5 Å². The van der Waals surface area contributed by atoms with Gasteiger partial charge in [-0.15, -0.1) is 0 Å². The highest BCUT2D eigenvalue weighted by Crippen LogP contribution is 2.33. The van der Waals surface area contributed by atoms with Crippen LogP contribution in [0.25, 0.3) is 0 Å². The molecule has 0 aromatic heterocycles. The number of halogens is 1. The molecule has 0 bridgehead atoms. The van der Waals surface area contributed by atoms with Crippen molar-refractivity contribution in [1.29, 1.82) is 0 Å². The van der Waals surface area contributed by atoms with Gasteiger partial charge in [-0.25, -0.2) is 10.2 Å². The molecule has 6 nitrogen and oxygen atoms in total. The summed E-state index contributed by atoms with van der Waals surface area (Å²) in [4.78, 5) is 10.5. The fourth-order valence-corrected chi connectivity index (χ4v) is 1.75. The molecule has 0 spiro atoms. The summed E-state index contributed by atoms with van der Waals surface area (Å²) in [7, 11) is 1.55. The molecule has 0 radical (unpaired) electrons. The van der Waals surface area contributed by atoms with Gasteiger partial charge in [0.1, 0.15) is 0 Å². The summed E-state index contributed by atoms with van der Waals surface area (Å²) in [5.41, 5.74) is 7.75. The summed E-state index contributed by atoms with van der Waals surface area (Å²) in [6, 6.07) is 2.80. The molecule has 2 amide bonds. The van der Waals surface area contributed by atoms with Crippen LogP contribution in [0, 0.1) is 0 Å². The number of nitrogens with one attached hydrogen (secondary N) is 1. The number of amides is 2. The van der Waals surface area contributed by atoms with Crippen LogP contribution in [0.3, 0.4) is 0 Å². The second-order valence-corrected chi connectivity index (χ2v) is 4.78. The molecule has 19 heavy (non-hydrogen) atoms. The number of carbonyl (C=O) groups is 1. The van der Waals surface area contributed by atoms with Gasteiger partial charge in [-0.05, 0) is 41.9 Å². The Bertz CT molecular complexity index is 489. The Hall–Kier alpha value is -1.76. The van der Waals surface area contributed by atoms with Crippen LogP contribution in [-0.2, 0) is 0 Å². The molecule has 0 saturated heterocycles. The zero-order chi connectivity index (χ0) is 14.4. The third kappa shape index (κ3) is 4.78. The predicted molar refractivity (Wildman–Crippen MR) is 76.8 cm³/mol. The number of urea groups is 1. The van der Waals surface area contributed by atoms with E-state index >= 15 is 0 Å². The van der Waals surface area contributed by atoms with Gasteiger partial charge in [0.2, 0.25) is 0 Å². The standard InChI is InChI=1S/C12H16BrN3O3/c1-7(2)19-11-5-9(13)8(4-10(11)18-3)6-15-16-12(14)17/h4-7H,1-3H3,(H3,14,16,17)/b15-6+. The molecule has 104 valence electrons. The molecular weight excluding hydrogens is 314 g/mol. The summed E-state index contributed by atoms with van der Waals surface area (Å²) in [6.45, 7) is 3.86. The Balaban J connectivity index is 3.01. The Kier molecular flexibility index (Phi) is 5.62. The van der Waals surface area contributed by atoms with Crippen LogP contribution in [0.5, 0.6) is 11.5 Å². The van der Waals surface area contributed by atoms with Gasteiger partial charge in [0, 0.05) is 10.0 Å². The molecule has 1 rings (SSSR count). The van der Waals surface area contributed by atoms with Gasteiger partial charge >= 0.3 is 6.03 Å². The first-order valence-corrected chi connectivity index (χ1v) is 6.36. The van der Waals surface area contributed by atoms with E-state index in [9.17, 15) is 4.79 Å². The predicted octanol–water partition coefficient (Wildman–Crippen LogP) is 2.25. The highest BCUT2D eigenvalue weighted by atomic mass is 79.9. The van der Waals surface area contributed by atoms with E-state index in [-0.39, 0.29) is 6.10 Å². The first-order chi connectivity index (χ1) is 8.93. The second-order valence-electron chi connectivity index (χ2n) is 3.93. The van der Waals surface area contributed by atoms with Gasteiger partial charge in [0.25, 0.3) is 0 Å². The molecule has 0 aliphatic heterocycles. The lowest BCUT2D eigenvalue weighted by atomic mass is 10.2. The SMILES string of the molecule is COc1cc(/C=N/NC(N)=O)c(Br)cc1OC(C)C. The minimum absolute atomic E-state index is 0.0387. The Morgan fingerprint density at radius 2 is 2.16 bits per heavy atom. The number of hydrazone groups is 1. The maximum absolute atomic E-state index is 10.5. The highest BCUT2D eigenvalue weighted by molar-refractivity contribution is 9.10. The number of ether oxygens (including phenoxy) is 2. The maximum atomic E-state index is 10.5. The summed E-state index contributed by atoms with van der Waals surface area (Å²) in [6.07, 6.45) is 1.49. The van der Waals surface area contributed by atoms with E-state index in [0.29, 0.717) is 11.5 Å². The molecule has 0 heterocycles. The highest BCUT2D eigenvalue weighted by Gasteiger charge is 2.10. The van der Waals surface area contributed by atoms with Crippen molar-refractivity contribution in [2.45, 2.75) is 20.0 Å². The lowest BCUT2D eigenvalue weighted by Crippen LogP contribution is -2.24. The fourth-order valence-electron chi connectivity index (χ4n) is 1.32. The molecule has 1 aromatic carbocycles. The molecule has 0 atom stereocenters. The number of hydrogen-bond donors (Lipinski definition) is 2. The Labute approximate surface area is 120 Å². The van der Waals surface area contributed by atoms with Crippen molar-refractivity contribution in [1.82, 2.24) is 5.43 Å². The van der Waals surface area contributed by atoms with E-state index in [2.05, 4.69) is 26.5 Å². The minimum Gasteiger partial charge on any atom is -0.493 e. The fraction of sp³-hybridized carbons (Fsp3) is 0.333. The Morgan fingerprint density at radius 3 is 2.68 bits per heavy atom. The average molecular weight is 330 g/mol. The third-order valence-corrected chi connectivity index (χ3v) is 2.71. The number of carbonyl (C=O) groups excluding carboxylic acids is 1. The molecule has 7 heteroatoms. The summed E-state index contributed by atoms with van der Waals surface area (Å²) >= 11 is 3.40. The normalized spacial score (nSPS) is 10.8. The quantitative estimate of drug-likeness (QED) is 0.641. The monoisotopic (exact) mass is 329 g/mol. The zero-order valence-electron chi connectivity index (χ0n) is 10.9. The van der Waals surface area contributed by atoms with Crippen LogP contribution >= 0.6 is 15.9 Å². The first-order valence-electron chi connectivity index (χ1n) is 5.56. The van der Waals surface area contributed by atoms with E-state index in [1.807, 2.05) is 13.8 Å². The molecule has 0 aliphatic rings. The van der Waals surface area contributed by atoms with E-state index in [4.69, 9.17) is 15.2 Å². The Morgan fingerprint density at radius 1 is 1.47 bits per heavy atom. The molecule has 0 saturated carbocycles. The molecule has 0 unspecified atom stereocenters. The summed E-state index contributed by atoms with van der Waals surface area (Å²) in [5.74, 6) is 1.21. The van der Waals surface area contributed by atoms with E-state index in [1.54, 1.807) is 19.2 Å². The van der Waals surface area contributed by atoms with Crippen LogP contribution < -0.4 is 20.6 Å². The molecule has 3 N–H and O–H groups in total. The lowest BCUT2D eigenvalue weighted by molar-refractivity contribution is 0.230. The van der Waals surface area contributed by atoms with Crippen LogP contribution in [0.15, 0.2) is 21.7 Å². The van der Waals surface area contributed by atoms with Crippen molar-refractivity contribution < 1.29 is 14.3 Å². The van der Waals surface area contributed by atoms with Crippen LogP contribution in [-0.4, -0.2) is 25.5 Å². The van der Waals surface area contributed by atoms with Gasteiger partial charge in [-0.2, -0.15) is 5.10 Å². The van der Waals surface area contributed by atoms with Crippen molar-refractivity contribution in [3.8, 4) is 11.5 Å². The van der Waals surface area contributed by atoms with Gasteiger partial charge in [0.05, 0.1) is 19.4 Å². The molecular formula is C12H16BrN3O3. The van der Waals surface area contributed by atoms with Crippen molar-refractivity contribution in [3.05, 3.63) is 22.2 Å². The van der Waals surface area contributed by atoms with Gasteiger partial charge in [-0.1, -0.05) is 0 Å². The van der Waals surface area contributed by atoms with Gasteiger partial charge < -0.3 is 15.2 Å². The third-order valence-electron chi connectivity index (χ3n) is 2.02. The average Bonchev–Trinajstić information content (AvgIpc) is 2.30. The van der Waals surface area contributed by atoms with Crippen molar-refractivity contribution >= 4 is 28.2 Å². The number of nitrogens with two attached hydrogens (primary N) is 1. The minimum atomic E-state index is -0.723. The van der Waals surface area contributed by atoms with Crippen LogP contribution in [0.2, 0.25) is 0 Å². The molecule has 0 fully saturated rings. The second kappa shape index (κ2) is 6.98. The largest absolute Gasteiger partial charge is 0.493 e. The first kappa shape index (κ1) is 15.3. The van der Waals surface area contributed by atoms with E-state index in [0.717, 1.165) is 10.0 Å². The molecule has 1 aromatic rings. The maximum Gasteiger partial charge on any atom is 0.332 e. The summed E-state index contributed by atoms with van der Waals surface area (Å²) < 4.78 is 11.6. The zero-order valence-corrected chi connectivity index (χ0v) is 12.5. The lowest BCUT2D eigenvalue weighted by Gasteiger charge is -2.14. The van der Waals surface area contributed by atoms with Gasteiger partial charge in [-0.3, -0.25) is 0 Å². The topological polar surface area (TPSA) is 85.9 Å². The van der Waals surface area contributed by atoms with Crippen molar-refractivity contribution in [2.24, 2.45) is 10.8 Å². The van der Waals surface area contributed by atoms with Crippen molar-refractivity contribution in [3.63, 3.8) is 0 Å².